The first-order chi connectivity index (χ1) is 7.74. The van der Waals surface area contributed by atoms with E-state index in [0.29, 0.717) is 12.1 Å². The summed E-state index contributed by atoms with van der Waals surface area (Å²) in [7, 11) is 0. The van der Waals surface area contributed by atoms with Crippen LogP contribution in [0.2, 0.25) is 5.28 Å². The first kappa shape index (κ1) is 9.84. The zero-order chi connectivity index (χ0) is 11.1. The van der Waals surface area contributed by atoms with Crippen LogP contribution in [0.3, 0.4) is 0 Å². The van der Waals surface area contributed by atoms with E-state index in [0.717, 1.165) is 25.2 Å². The van der Waals surface area contributed by atoms with Crippen molar-refractivity contribution in [3.8, 4) is 0 Å². The lowest BCUT2D eigenvalue weighted by Gasteiger charge is -2.23. The fourth-order valence-electron chi connectivity index (χ4n) is 2.40. The third-order valence-electron chi connectivity index (χ3n) is 3.08. The standard InChI is InChI=1S/C10H11ClN4O/c11-10-12-5-7-9(14-10)15-3-1-2-6(15)4-8(16)13-7/h5-6H,1-4H2,(H,13,16). The van der Waals surface area contributed by atoms with Gasteiger partial charge < -0.3 is 10.2 Å². The zero-order valence-corrected chi connectivity index (χ0v) is 9.37. The van der Waals surface area contributed by atoms with E-state index in [2.05, 4.69) is 20.2 Å². The third kappa shape index (κ3) is 1.51. The van der Waals surface area contributed by atoms with Crippen molar-refractivity contribution in [3.05, 3.63) is 11.5 Å². The summed E-state index contributed by atoms with van der Waals surface area (Å²) < 4.78 is 0. The van der Waals surface area contributed by atoms with E-state index in [-0.39, 0.29) is 17.2 Å². The number of rotatable bonds is 0. The smallest absolute Gasteiger partial charge is 0.226 e. The van der Waals surface area contributed by atoms with Crippen LogP contribution in [-0.2, 0) is 4.79 Å². The molecular weight excluding hydrogens is 228 g/mol. The SMILES string of the molecule is O=C1CC2CCCN2c2nc(Cl)ncc2N1. The number of anilines is 2. The lowest BCUT2D eigenvalue weighted by atomic mass is 10.1. The van der Waals surface area contributed by atoms with E-state index in [9.17, 15) is 4.79 Å². The van der Waals surface area contributed by atoms with Crippen molar-refractivity contribution in [2.75, 3.05) is 16.8 Å². The molecule has 0 aliphatic carbocycles. The second-order valence-electron chi connectivity index (χ2n) is 4.12. The molecule has 2 aliphatic heterocycles. The number of carbonyl (C=O) groups is 1. The highest BCUT2D eigenvalue weighted by molar-refractivity contribution is 6.28. The number of nitrogens with zero attached hydrogens (tertiary/aromatic N) is 3. The predicted molar refractivity (Wildman–Crippen MR) is 60.7 cm³/mol. The van der Waals surface area contributed by atoms with Gasteiger partial charge in [0.1, 0.15) is 5.69 Å². The van der Waals surface area contributed by atoms with E-state index >= 15 is 0 Å². The summed E-state index contributed by atoms with van der Waals surface area (Å²) in [5, 5.41) is 3.04. The van der Waals surface area contributed by atoms with Crippen molar-refractivity contribution in [3.63, 3.8) is 0 Å². The molecule has 1 aromatic rings. The number of amides is 1. The maximum absolute atomic E-state index is 11.6. The molecule has 84 valence electrons. The molecule has 5 nitrogen and oxygen atoms in total. The summed E-state index contributed by atoms with van der Waals surface area (Å²) in [6.07, 6.45) is 4.23. The number of aromatic nitrogens is 2. The van der Waals surface area contributed by atoms with Gasteiger partial charge in [0.15, 0.2) is 5.82 Å². The van der Waals surface area contributed by atoms with Gasteiger partial charge in [-0.05, 0) is 24.4 Å². The highest BCUT2D eigenvalue weighted by Crippen LogP contribution is 2.34. The molecule has 0 saturated carbocycles. The first-order valence-electron chi connectivity index (χ1n) is 5.33. The molecule has 0 bridgehead atoms. The molecule has 0 spiro atoms. The minimum absolute atomic E-state index is 0.0292. The zero-order valence-electron chi connectivity index (χ0n) is 8.61. The Labute approximate surface area is 97.8 Å². The molecule has 1 N–H and O–H groups in total. The molecule has 1 saturated heterocycles. The molecule has 1 atom stereocenters. The minimum atomic E-state index is 0.0292. The van der Waals surface area contributed by atoms with Crippen LogP contribution in [0.5, 0.6) is 0 Å². The molecule has 1 fully saturated rings. The maximum atomic E-state index is 11.6. The molecule has 0 aromatic carbocycles. The molecule has 3 heterocycles. The minimum Gasteiger partial charge on any atom is -0.351 e. The number of carbonyl (C=O) groups excluding carboxylic acids is 1. The molecule has 6 heteroatoms. The van der Waals surface area contributed by atoms with E-state index in [1.807, 2.05) is 0 Å². The number of hydrogen-bond acceptors (Lipinski definition) is 4. The van der Waals surface area contributed by atoms with Crippen LogP contribution in [0.15, 0.2) is 6.20 Å². The average molecular weight is 239 g/mol. The molecule has 1 amide bonds. The fraction of sp³-hybridized carbons (Fsp3) is 0.500. The van der Waals surface area contributed by atoms with Gasteiger partial charge in [-0.1, -0.05) is 0 Å². The fourth-order valence-corrected chi connectivity index (χ4v) is 2.53. The van der Waals surface area contributed by atoms with Crippen molar-refractivity contribution >= 4 is 29.0 Å². The lowest BCUT2D eigenvalue weighted by molar-refractivity contribution is -0.116. The Bertz CT molecular complexity index is 450. The predicted octanol–water partition coefficient (Wildman–Crippen LogP) is 1.44. The molecule has 1 aromatic heterocycles. The highest BCUT2D eigenvalue weighted by Gasteiger charge is 2.32. The van der Waals surface area contributed by atoms with Gasteiger partial charge in [0.25, 0.3) is 0 Å². The molecule has 0 radical (unpaired) electrons. The van der Waals surface area contributed by atoms with Gasteiger partial charge in [-0.3, -0.25) is 4.79 Å². The summed E-state index contributed by atoms with van der Waals surface area (Å²) in [6.45, 7) is 0.931. The summed E-state index contributed by atoms with van der Waals surface area (Å²) in [6, 6.07) is 0.257. The van der Waals surface area contributed by atoms with Crippen LogP contribution >= 0.6 is 11.6 Å². The Morgan fingerprint density at radius 1 is 1.56 bits per heavy atom. The quantitative estimate of drug-likeness (QED) is 0.695. The van der Waals surface area contributed by atoms with E-state index < -0.39 is 0 Å². The summed E-state index contributed by atoms with van der Waals surface area (Å²) in [5.74, 6) is 0.787. The second kappa shape index (κ2) is 3.59. The Morgan fingerprint density at radius 3 is 3.31 bits per heavy atom. The highest BCUT2D eigenvalue weighted by atomic mass is 35.5. The normalized spacial score (nSPS) is 23.4. The Morgan fingerprint density at radius 2 is 2.44 bits per heavy atom. The first-order valence-corrected chi connectivity index (χ1v) is 5.71. The van der Waals surface area contributed by atoms with E-state index in [4.69, 9.17) is 11.6 Å². The number of halogens is 1. The Hall–Kier alpha value is -1.36. The molecule has 1 unspecified atom stereocenters. The molecule has 16 heavy (non-hydrogen) atoms. The van der Waals surface area contributed by atoms with Gasteiger partial charge in [-0.2, -0.15) is 4.98 Å². The van der Waals surface area contributed by atoms with Crippen LogP contribution in [0, 0.1) is 0 Å². The molecular formula is C10H11ClN4O. The van der Waals surface area contributed by atoms with Gasteiger partial charge in [-0.25, -0.2) is 4.98 Å². The van der Waals surface area contributed by atoms with Crippen molar-refractivity contribution in [2.45, 2.75) is 25.3 Å². The number of fused-ring (bicyclic) bond motifs is 3. The van der Waals surface area contributed by atoms with Gasteiger partial charge in [-0.15, -0.1) is 0 Å². The van der Waals surface area contributed by atoms with Crippen LogP contribution in [-0.4, -0.2) is 28.5 Å². The van der Waals surface area contributed by atoms with Crippen molar-refractivity contribution in [1.29, 1.82) is 0 Å². The summed E-state index contributed by atoms with van der Waals surface area (Å²) in [5.41, 5.74) is 0.666. The van der Waals surface area contributed by atoms with Crippen LogP contribution in [0.4, 0.5) is 11.5 Å². The molecule has 3 rings (SSSR count). The van der Waals surface area contributed by atoms with Crippen LogP contribution in [0.1, 0.15) is 19.3 Å². The number of hydrogen-bond donors (Lipinski definition) is 1. The Kier molecular flexibility index (Phi) is 2.21. The van der Waals surface area contributed by atoms with Crippen molar-refractivity contribution in [2.24, 2.45) is 0 Å². The topological polar surface area (TPSA) is 58.1 Å². The summed E-state index contributed by atoms with van der Waals surface area (Å²) >= 11 is 5.80. The monoisotopic (exact) mass is 238 g/mol. The third-order valence-corrected chi connectivity index (χ3v) is 3.27. The maximum Gasteiger partial charge on any atom is 0.226 e. The van der Waals surface area contributed by atoms with Crippen LogP contribution < -0.4 is 10.2 Å². The molecule has 2 aliphatic rings. The largest absolute Gasteiger partial charge is 0.351 e. The van der Waals surface area contributed by atoms with E-state index in [1.54, 1.807) is 6.20 Å². The van der Waals surface area contributed by atoms with Gasteiger partial charge in [0, 0.05) is 19.0 Å². The van der Waals surface area contributed by atoms with Crippen molar-refractivity contribution in [1.82, 2.24) is 9.97 Å². The van der Waals surface area contributed by atoms with Gasteiger partial charge in [0.2, 0.25) is 11.2 Å². The summed E-state index contributed by atoms with van der Waals surface area (Å²) in [4.78, 5) is 21.9. The second-order valence-corrected chi connectivity index (χ2v) is 4.46. The number of nitrogens with one attached hydrogen (secondary N) is 1. The van der Waals surface area contributed by atoms with Gasteiger partial charge >= 0.3 is 0 Å². The van der Waals surface area contributed by atoms with E-state index in [1.165, 1.54) is 0 Å². The average Bonchev–Trinajstić information content (AvgIpc) is 2.64. The van der Waals surface area contributed by atoms with Crippen LogP contribution in [0.25, 0.3) is 0 Å². The van der Waals surface area contributed by atoms with Gasteiger partial charge in [0.05, 0.1) is 6.20 Å². The lowest BCUT2D eigenvalue weighted by Crippen LogP contribution is -2.30. The van der Waals surface area contributed by atoms with Crippen molar-refractivity contribution < 1.29 is 4.79 Å². The Balaban J connectivity index is 2.10.